The number of amides is 3. The molecule has 1 fully saturated rings. The summed E-state index contributed by atoms with van der Waals surface area (Å²) in [6, 6.07) is 7.94. The summed E-state index contributed by atoms with van der Waals surface area (Å²) in [4.78, 5) is 42.2. The third kappa shape index (κ3) is 6.22. The molecule has 0 saturated carbocycles. The molecule has 30 heavy (non-hydrogen) atoms. The first-order valence-electron chi connectivity index (χ1n) is 10.5. The third-order valence-corrected chi connectivity index (χ3v) is 6.13. The highest BCUT2D eigenvalue weighted by molar-refractivity contribution is 7.99. The number of carbonyl (C=O) groups is 3. The number of hydrogen-bond donors (Lipinski definition) is 2. The summed E-state index contributed by atoms with van der Waals surface area (Å²) in [5.41, 5.74) is 6.72. The Hall–Kier alpha value is -2.06. The summed E-state index contributed by atoms with van der Waals surface area (Å²) in [6.45, 7) is 8.53. The van der Waals surface area contributed by atoms with E-state index in [4.69, 9.17) is 5.73 Å². The predicted octanol–water partition coefficient (Wildman–Crippen LogP) is 1.81. The third-order valence-electron chi connectivity index (χ3n) is 5.12. The van der Waals surface area contributed by atoms with Gasteiger partial charge in [0.1, 0.15) is 12.1 Å². The molecule has 3 N–H and O–H groups in total. The lowest BCUT2D eigenvalue weighted by Crippen LogP contribution is -2.57. The Balaban J connectivity index is 2.17. The molecular formula is C22H34N4O3S. The Morgan fingerprint density at radius 1 is 1.23 bits per heavy atom. The zero-order valence-electron chi connectivity index (χ0n) is 18.3. The normalized spacial score (nSPS) is 18.2. The number of carbonyl (C=O) groups excluding carboxylic acids is 3. The lowest BCUT2D eigenvalue weighted by Gasteiger charge is -2.33. The zero-order valence-corrected chi connectivity index (χ0v) is 19.2. The van der Waals surface area contributed by atoms with Crippen LogP contribution in [0.4, 0.5) is 0 Å². The average molecular weight is 435 g/mol. The van der Waals surface area contributed by atoms with Gasteiger partial charge in [0.25, 0.3) is 0 Å². The van der Waals surface area contributed by atoms with Crippen molar-refractivity contribution in [3.63, 3.8) is 0 Å². The summed E-state index contributed by atoms with van der Waals surface area (Å²) < 4.78 is 0. The Kier molecular flexibility index (Phi) is 9.17. The standard InChI is InChI=1S/C22H34N4O3S/c1-5-11-25(12-17-9-7-6-8-10-17)21(28)18-13-30-14-26(18)22(29)19(15(2)3)24-20(27)16(4)23/h6-10,15-16,18-19H,5,11-14,23H2,1-4H3,(H,24,27)/t16-,18-,19-/m0/s1. The van der Waals surface area contributed by atoms with E-state index in [2.05, 4.69) is 5.32 Å². The molecule has 8 heteroatoms. The van der Waals surface area contributed by atoms with Gasteiger partial charge in [0.15, 0.2) is 0 Å². The van der Waals surface area contributed by atoms with Crippen LogP contribution in [-0.2, 0) is 20.9 Å². The first-order chi connectivity index (χ1) is 14.3. The first-order valence-corrected chi connectivity index (χ1v) is 11.7. The molecule has 3 atom stereocenters. The van der Waals surface area contributed by atoms with Crippen LogP contribution in [-0.4, -0.2) is 63.8 Å². The van der Waals surface area contributed by atoms with E-state index in [1.54, 1.807) is 23.6 Å². The molecule has 0 spiro atoms. The molecule has 1 aliphatic heterocycles. The van der Waals surface area contributed by atoms with E-state index in [1.807, 2.05) is 56.0 Å². The quantitative estimate of drug-likeness (QED) is 0.618. The molecule has 1 aromatic carbocycles. The van der Waals surface area contributed by atoms with Crippen LogP contribution in [0.1, 0.15) is 39.7 Å². The van der Waals surface area contributed by atoms with Crippen molar-refractivity contribution in [2.24, 2.45) is 11.7 Å². The van der Waals surface area contributed by atoms with Gasteiger partial charge in [-0.3, -0.25) is 14.4 Å². The van der Waals surface area contributed by atoms with Crippen molar-refractivity contribution < 1.29 is 14.4 Å². The second kappa shape index (κ2) is 11.4. The largest absolute Gasteiger partial charge is 0.343 e. The smallest absolute Gasteiger partial charge is 0.246 e. The van der Waals surface area contributed by atoms with Crippen molar-refractivity contribution in [3.05, 3.63) is 35.9 Å². The Morgan fingerprint density at radius 2 is 1.90 bits per heavy atom. The Bertz CT molecular complexity index is 726. The monoisotopic (exact) mass is 434 g/mol. The molecule has 1 saturated heterocycles. The predicted molar refractivity (Wildman–Crippen MR) is 121 cm³/mol. The molecule has 166 valence electrons. The van der Waals surface area contributed by atoms with Crippen molar-refractivity contribution in [2.45, 2.75) is 58.8 Å². The van der Waals surface area contributed by atoms with Gasteiger partial charge in [-0.1, -0.05) is 51.1 Å². The van der Waals surface area contributed by atoms with Gasteiger partial charge in [-0.15, -0.1) is 11.8 Å². The highest BCUT2D eigenvalue weighted by atomic mass is 32.2. The average Bonchev–Trinajstić information content (AvgIpc) is 3.20. The van der Waals surface area contributed by atoms with Crippen molar-refractivity contribution in [1.29, 1.82) is 0 Å². The molecule has 0 bridgehead atoms. The Morgan fingerprint density at radius 3 is 2.47 bits per heavy atom. The first kappa shape index (κ1) is 24.2. The van der Waals surface area contributed by atoms with E-state index in [-0.39, 0.29) is 23.6 Å². The van der Waals surface area contributed by atoms with Crippen molar-refractivity contribution in [1.82, 2.24) is 15.1 Å². The van der Waals surface area contributed by atoms with Crippen LogP contribution >= 0.6 is 11.8 Å². The van der Waals surface area contributed by atoms with Crippen LogP contribution < -0.4 is 11.1 Å². The van der Waals surface area contributed by atoms with E-state index in [9.17, 15) is 14.4 Å². The van der Waals surface area contributed by atoms with Crippen LogP contribution in [0.15, 0.2) is 30.3 Å². The summed E-state index contributed by atoms with van der Waals surface area (Å²) in [5.74, 6) is 0.258. The van der Waals surface area contributed by atoms with Gasteiger partial charge < -0.3 is 20.9 Å². The second-order valence-electron chi connectivity index (χ2n) is 8.09. The highest BCUT2D eigenvalue weighted by Gasteiger charge is 2.40. The molecule has 0 aromatic heterocycles. The van der Waals surface area contributed by atoms with E-state index >= 15 is 0 Å². The maximum Gasteiger partial charge on any atom is 0.246 e. The van der Waals surface area contributed by atoms with Gasteiger partial charge in [-0.05, 0) is 24.8 Å². The van der Waals surface area contributed by atoms with Crippen LogP contribution in [0.5, 0.6) is 0 Å². The zero-order chi connectivity index (χ0) is 22.3. The minimum atomic E-state index is -0.703. The van der Waals surface area contributed by atoms with E-state index in [0.29, 0.717) is 24.7 Å². The van der Waals surface area contributed by atoms with Gasteiger partial charge in [-0.25, -0.2) is 0 Å². The number of rotatable bonds is 9. The molecule has 1 aliphatic rings. The SMILES string of the molecule is CCCN(Cc1ccccc1)C(=O)[C@@H]1CSCN1C(=O)[C@@H](NC(=O)[C@H](C)N)C(C)C. The van der Waals surface area contributed by atoms with Crippen molar-refractivity contribution in [3.8, 4) is 0 Å². The van der Waals surface area contributed by atoms with Crippen molar-refractivity contribution >= 4 is 29.5 Å². The van der Waals surface area contributed by atoms with Crippen LogP contribution in [0.25, 0.3) is 0 Å². The summed E-state index contributed by atoms with van der Waals surface area (Å²) in [5, 5.41) is 2.76. The maximum atomic E-state index is 13.4. The maximum absolute atomic E-state index is 13.4. The van der Waals surface area contributed by atoms with Crippen molar-refractivity contribution in [2.75, 3.05) is 18.2 Å². The van der Waals surface area contributed by atoms with Crippen LogP contribution in [0, 0.1) is 5.92 Å². The lowest BCUT2D eigenvalue weighted by atomic mass is 10.0. The summed E-state index contributed by atoms with van der Waals surface area (Å²) in [6.07, 6.45) is 0.839. The molecule has 0 aliphatic carbocycles. The number of hydrogen-bond acceptors (Lipinski definition) is 5. The molecule has 1 heterocycles. The van der Waals surface area contributed by atoms with Gasteiger partial charge in [-0.2, -0.15) is 0 Å². The molecular weight excluding hydrogens is 400 g/mol. The molecule has 2 rings (SSSR count). The topological polar surface area (TPSA) is 95.7 Å². The summed E-state index contributed by atoms with van der Waals surface area (Å²) in [7, 11) is 0. The van der Waals surface area contributed by atoms with E-state index < -0.39 is 18.1 Å². The van der Waals surface area contributed by atoms with Gasteiger partial charge >= 0.3 is 0 Å². The lowest BCUT2D eigenvalue weighted by molar-refractivity contribution is -0.146. The summed E-state index contributed by atoms with van der Waals surface area (Å²) >= 11 is 1.56. The molecule has 3 amide bonds. The molecule has 0 unspecified atom stereocenters. The number of thioether (sulfide) groups is 1. The number of benzene rings is 1. The van der Waals surface area contributed by atoms with Crippen LogP contribution in [0.2, 0.25) is 0 Å². The minimum absolute atomic E-state index is 0.0416. The number of nitrogens with two attached hydrogens (primary N) is 1. The van der Waals surface area contributed by atoms with Gasteiger partial charge in [0.05, 0.1) is 11.9 Å². The molecule has 0 radical (unpaired) electrons. The van der Waals surface area contributed by atoms with Gasteiger partial charge in [0.2, 0.25) is 17.7 Å². The number of nitrogens with one attached hydrogen (secondary N) is 1. The van der Waals surface area contributed by atoms with E-state index in [0.717, 1.165) is 12.0 Å². The van der Waals surface area contributed by atoms with Gasteiger partial charge in [0, 0.05) is 18.8 Å². The van der Waals surface area contributed by atoms with Crippen LogP contribution in [0.3, 0.4) is 0 Å². The fourth-order valence-corrected chi connectivity index (χ4v) is 4.55. The highest BCUT2D eigenvalue weighted by Crippen LogP contribution is 2.25. The number of nitrogens with zero attached hydrogens (tertiary/aromatic N) is 2. The molecule has 7 nitrogen and oxygen atoms in total. The Labute approximate surface area is 183 Å². The fraction of sp³-hybridized carbons (Fsp3) is 0.591. The minimum Gasteiger partial charge on any atom is -0.343 e. The second-order valence-corrected chi connectivity index (χ2v) is 9.09. The molecule has 1 aromatic rings. The van der Waals surface area contributed by atoms with E-state index in [1.165, 1.54) is 0 Å². The fourth-order valence-electron chi connectivity index (χ4n) is 3.39.